The Morgan fingerprint density at radius 3 is 2.76 bits per heavy atom. The Balaban J connectivity index is 1.73. The first kappa shape index (κ1) is 18.9. The maximum atomic E-state index is 13.9. The van der Waals surface area contributed by atoms with Crippen LogP contribution in [-0.2, 0) is 0 Å². The Kier molecular flexibility index (Phi) is 4.06. The molecule has 0 spiro atoms. The molecule has 6 rings (SSSR count). The second-order valence-corrected chi connectivity index (χ2v) is 7.48. The van der Waals surface area contributed by atoms with Crippen molar-refractivity contribution in [1.82, 2.24) is 34.9 Å². The van der Waals surface area contributed by atoms with Crippen LogP contribution < -0.4 is 11.3 Å². The summed E-state index contributed by atoms with van der Waals surface area (Å²) in [6, 6.07) is 10.9. The van der Waals surface area contributed by atoms with Crippen molar-refractivity contribution < 1.29 is 4.39 Å². The number of nitrogens with one attached hydrogen (secondary N) is 2. The van der Waals surface area contributed by atoms with Crippen LogP contribution in [0.2, 0.25) is 0 Å². The van der Waals surface area contributed by atoms with Gasteiger partial charge in [-0.15, -0.1) is 0 Å². The van der Waals surface area contributed by atoms with Crippen molar-refractivity contribution in [2.24, 2.45) is 0 Å². The largest absolute Gasteiger partial charge is 0.398 e. The van der Waals surface area contributed by atoms with E-state index < -0.39 is 11.4 Å². The quantitative estimate of drug-likeness (QED) is 0.363. The standard InChI is InChI=1S/C23H15FN8O/c24-13-9-28-32(11-13)18-7-15(14-4-1-5-17-16(14)10-27-31-17)20(25)19-21(18)29-22(30-23(19)33)12-3-2-6-26-8-12/h1-11H,25H2,(H,27,31)(H,29,30,33). The van der Waals surface area contributed by atoms with Crippen LogP contribution in [0.1, 0.15) is 0 Å². The van der Waals surface area contributed by atoms with Crippen LogP contribution in [0.4, 0.5) is 10.1 Å². The number of H-pyrrole nitrogens is 2. The number of hydrogen-bond donors (Lipinski definition) is 3. The van der Waals surface area contributed by atoms with E-state index in [1.54, 1.807) is 36.8 Å². The fraction of sp³-hybridized carbons (Fsp3) is 0. The fourth-order valence-electron chi connectivity index (χ4n) is 4.00. The molecule has 160 valence electrons. The van der Waals surface area contributed by atoms with Gasteiger partial charge in [0.2, 0.25) is 0 Å². The minimum absolute atomic E-state index is 0.187. The van der Waals surface area contributed by atoms with Gasteiger partial charge in [-0.2, -0.15) is 10.2 Å². The van der Waals surface area contributed by atoms with Gasteiger partial charge >= 0.3 is 0 Å². The molecule has 6 aromatic rings. The maximum Gasteiger partial charge on any atom is 0.261 e. The molecule has 33 heavy (non-hydrogen) atoms. The summed E-state index contributed by atoms with van der Waals surface area (Å²) in [5, 5.41) is 12.2. The van der Waals surface area contributed by atoms with E-state index in [0.717, 1.165) is 22.7 Å². The first-order chi connectivity index (χ1) is 16.1. The van der Waals surface area contributed by atoms with Crippen LogP contribution >= 0.6 is 0 Å². The predicted octanol–water partition coefficient (Wildman–Crippen LogP) is 3.44. The molecule has 2 aromatic carbocycles. The van der Waals surface area contributed by atoms with E-state index >= 15 is 0 Å². The number of aromatic nitrogens is 7. The molecular formula is C23H15FN8O. The van der Waals surface area contributed by atoms with Crippen LogP contribution in [0, 0.1) is 5.82 Å². The Morgan fingerprint density at radius 1 is 1.06 bits per heavy atom. The second kappa shape index (κ2) is 7.09. The van der Waals surface area contributed by atoms with E-state index in [1.165, 1.54) is 10.9 Å². The Labute approximate surface area is 184 Å². The lowest BCUT2D eigenvalue weighted by Crippen LogP contribution is -2.14. The molecule has 0 aliphatic carbocycles. The van der Waals surface area contributed by atoms with E-state index in [2.05, 4.69) is 30.2 Å². The fourth-order valence-corrected chi connectivity index (χ4v) is 4.00. The number of nitrogens with two attached hydrogens (primary N) is 1. The molecule has 0 amide bonds. The summed E-state index contributed by atoms with van der Waals surface area (Å²) < 4.78 is 15.2. The smallest absolute Gasteiger partial charge is 0.261 e. The molecule has 4 aromatic heterocycles. The highest BCUT2D eigenvalue weighted by Gasteiger charge is 2.20. The minimum Gasteiger partial charge on any atom is -0.398 e. The van der Waals surface area contributed by atoms with Crippen LogP contribution in [0.3, 0.4) is 0 Å². The predicted molar refractivity (Wildman–Crippen MR) is 122 cm³/mol. The van der Waals surface area contributed by atoms with E-state index in [-0.39, 0.29) is 11.1 Å². The third kappa shape index (κ3) is 2.96. The molecule has 9 nitrogen and oxygen atoms in total. The normalized spacial score (nSPS) is 11.4. The van der Waals surface area contributed by atoms with Crippen molar-refractivity contribution in [2.45, 2.75) is 0 Å². The molecule has 0 saturated carbocycles. The van der Waals surface area contributed by atoms with Gasteiger partial charge in [0, 0.05) is 28.9 Å². The Hall–Kier alpha value is -4.86. The Bertz CT molecular complexity index is 1720. The maximum absolute atomic E-state index is 13.9. The van der Waals surface area contributed by atoms with Gasteiger partial charge in [-0.05, 0) is 29.8 Å². The first-order valence-electron chi connectivity index (χ1n) is 10.00. The lowest BCUT2D eigenvalue weighted by molar-refractivity contribution is 0.627. The number of rotatable bonds is 3. The molecule has 0 unspecified atom stereocenters. The lowest BCUT2D eigenvalue weighted by Gasteiger charge is -2.15. The van der Waals surface area contributed by atoms with Crippen LogP contribution in [0.15, 0.2) is 72.2 Å². The zero-order chi connectivity index (χ0) is 22.5. The van der Waals surface area contributed by atoms with Gasteiger partial charge in [0.15, 0.2) is 5.82 Å². The van der Waals surface area contributed by atoms with E-state index in [4.69, 9.17) is 5.73 Å². The highest BCUT2D eigenvalue weighted by atomic mass is 19.1. The number of aromatic amines is 2. The molecule has 4 heterocycles. The monoisotopic (exact) mass is 438 g/mol. The molecule has 0 fully saturated rings. The van der Waals surface area contributed by atoms with E-state index in [1.807, 2.05) is 18.2 Å². The number of halogens is 1. The van der Waals surface area contributed by atoms with Gasteiger partial charge in [0.1, 0.15) is 11.3 Å². The van der Waals surface area contributed by atoms with Crippen molar-refractivity contribution in [3.05, 3.63) is 83.6 Å². The van der Waals surface area contributed by atoms with E-state index in [0.29, 0.717) is 28.2 Å². The number of nitrogen functional groups attached to an aromatic ring is 1. The molecule has 10 heteroatoms. The number of hydrogen-bond acceptors (Lipinski definition) is 6. The molecule has 0 radical (unpaired) electrons. The molecule has 0 saturated heterocycles. The molecule has 0 aliphatic rings. The first-order valence-corrected chi connectivity index (χ1v) is 10.00. The lowest BCUT2D eigenvalue weighted by atomic mass is 9.97. The summed E-state index contributed by atoms with van der Waals surface area (Å²) in [5.74, 6) is -0.200. The van der Waals surface area contributed by atoms with Crippen molar-refractivity contribution in [3.8, 4) is 28.2 Å². The number of fused-ring (bicyclic) bond motifs is 2. The summed E-state index contributed by atoms with van der Waals surface area (Å²) in [6.45, 7) is 0. The highest BCUT2D eigenvalue weighted by Crippen LogP contribution is 2.37. The average molecular weight is 438 g/mol. The average Bonchev–Trinajstić information content (AvgIpc) is 3.48. The summed E-state index contributed by atoms with van der Waals surface area (Å²) in [6.07, 6.45) is 7.22. The topological polar surface area (TPSA) is 131 Å². The van der Waals surface area contributed by atoms with Crippen molar-refractivity contribution in [3.63, 3.8) is 0 Å². The van der Waals surface area contributed by atoms with E-state index in [9.17, 15) is 9.18 Å². The number of pyridine rings is 1. The molecule has 4 N–H and O–H groups in total. The number of anilines is 1. The van der Waals surface area contributed by atoms with Gasteiger partial charge < -0.3 is 10.7 Å². The minimum atomic E-state index is -0.518. The van der Waals surface area contributed by atoms with Crippen molar-refractivity contribution in [1.29, 1.82) is 0 Å². The number of benzene rings is 2. The molecule has 0 aliphatic heterocycles. The summed E-state index contributed by atoms with van der Waals surface area (Å²) in [5.41, 5.74) is 9.87. The van der Waals surface area contributed by atoms with Gasteiger partial charge in [-0.3, -0.25) is 14.9 Å². The Morgan fingerprint density at radius 2 is 1.97 bits per heavy atom. The summed E-state index contributed by atoms with van der Waals surface area (Å²) in [7, 11) is 0. The third-order valence-electron chi connectivity index (χ3n) is 5.51. The van der Waals surface area contributed by atoms with Crippen LogP contribution in [-0.4, -0.2) is 34.9 Å². The zero-order valence-electron chi connectivity index (χ0n) is 17.0. The van der Waals surface area contributed by atoms with Gasteiger partial charge in [-0.1, -0.05) is 12.1 Å². The van der Waals surface area contributed by atoms with Crippen molar-refractivity contribution >= 4 is 27.5 Å². The molecule has 0 atom stereocenters. The zero-order valence-corrected chi connectivity index (χ0v) is 17.0. The summed E-state index contributed by atoms with van der Waals surface area (Å²) in [4.78, 5) is 24.8. The van der Waals surface area contributed by atoms with Gasteiger partial charge in [0.05, 0.1) is 40.9 Å². The van der Waals surface area contributed by atoms with Crippen molar-refractivity contribution in [2.75, 3.05) is 5.73 Å². The SMILES string of the molecule is Nc1c(-c2cccc3[nH]ncc23)cc(-n2cc(F)cn2)c2nc(-c3cccnc3)[nH]c(=O)c12. The third-order valence-corrected chi connectivity index (χ3v) is 5.51. The van der Waals surface area contributed by atoms with Crippen LogP contribution in [0.5, 0.6) is 0 Å². The van der Waals surface area contributed by atoms with Gasteiger partial charge in [-0.25, -0.2) is 14.1 Å². The second-order valence-electron chi connectivity index (χ2n) is 7.48. The molecule has 0 bridgehead atoms. The highest BCUT2D eigenvalue weighted by molar-refractivity contribution is 6.07. The summed E-state index contributed by atoms with van der Waals surface area (Å²) >= 11 is 0. The number of nitrogens with zero attached hydrogens (tertiary/aromatic N) is 5. The van der Waals surface area contributed by atoms with Gasteiger partial charge in [0.25, 0.3) is 5.56 Å². The molecular weight excluding hydrogens is 423 g/mol. The van der Waals surface area contributed by atoms with Crippen LogP contribution in [0.25, 0.3) is 50.0 Å².